The van der Waals surface area contributed by atoms with Crippen molar-refractivity contribution in [1.29, 1.82) is 0 Å². The smallest absolute Gasteiger partial charge is 0.147 e. The van der Waals surface area contributed by atoms with Gasteiger partial charge >= 0.3 is 0 Å². The zero-order valence-corrected chi connectivity index (χ0v) is 22.2. The molecule has 0 aliphatic carbocycles. The minimum atomic E-state index is -0.342. The molecule has 5 heteroatoms. The van der Waals surface area contributed by atoms with Crippen LogP contribution in [0.4, 0.5) is 0 Å². The lowest BCUT2D eigenvalue weighted by Gasteiger charge is -2.19. The molecule has 5 nitrogen and oxygen atoms in total. The Kier molecular flexibility index (Phi) is 6.71. The summed E-state index contributed by atoms with van der Waals surface area (Å²) >= 11 is 0. The molecule has 0 saturated carbocycles. The highest BCUT2D eigenvalue weighted by Crippen LogP contribution is 2.30. The van der Waals surface area contributed by atoms with Crippen LogP contribution in [-0.2, 0) is 4.79 Å². The molecule has 2 unspecified atom stereocenters. The number of pyridine rings is 2. The van der Waals surface area contributed by atoms with Gasteiger partial charge in [0.1, 0.15) is 17.1 Å². The number of ketones is 1. The molecule has 0 fully saturated rings. The summed E-state index contributed by atoms with van der Waals surface area (Å²) in [7, 11) is 0. The summed E-state index contributed by atoms with van der Waals surface area (Å²) < 4.78 is 0. The summed E-state index contributed by atoms with van der Waals surface area (Å²) in [5, 5.41) is 1.96. The zero-order valence-electron chi connectivity index (χ0n) is 22.2. The number of nitrogens with zero attached hydrogens (tertiary/aromatic N) is 2. The molecule has 0 spiro atoms. The molecule has 40 heavy (non-hydrogen) atoms. The van der Waals surface area contributed by atoms with E-state index in [-0.39, 0.29) is 17.6 Å². The molecule has 6 rings (SSSR count). The maximum absolute atomic E-state index is 13.9. The van der Waals surface area contributed by atoms with Crippen molar-refractivity contribution in [3.63, 3.8) is 0 Å². The number of carbonyl (C=O) groups is 1. The van der Waals surface area contributed by atoms with E-state index < -0.39 is 0 Å². The van der Waals surface area contributed by atoms with Gasteiger partial charge in [-0.2, -0.15) is 0 Å². The van der Waals surface area contributed by atoms with Crippen LogP contribution in [-0.4, -0.2) is 25.7 Å². The molecule has 0 aliphatic heterocycles. The number of hydrogen-bond donors (Lipinski definition) is 2. The number of rotatable bonds is 4. The number of nitrogens with one attached hydrogen (secondary N) is 2. The van der Waals surface area contributed by atoms with Gasteiger partial charge in [-0.05, 0) is 47.5 Å². The Hall–Kier alpha value is -5.39. The standard InChI is InChI=1S/C35H26N4O/c1-23(29-9-5-3-7-25(29)11-13-27-15-19-36-34-31(27)17-21-38-34)33(40)24(2)30-10-6-4-8-26(30)12-14-28-16-20-37-35-32(28)18-22-39-35/h3-10,15-24H,1-2H3,(H,36,38)(H,37,39). The van der Waals surface area contributed by atoms with Crippen molar-refractivity contribution in [2.75, 3.05) is 0 Å². The normalized spacial score (nSPS) is 12.2. The van der Waals surface area contributed by atoms with Crippen molar-refractivity contribution in [2.24, 2.45) is 0 Å². The van der Waals surface area contributed by atoms with Crippen molar-refractivity contribution < 1.29 is 4.79 Å². The molecule has 6 aromatic rings. The maximum atomic E-state index is 13.9. The number of hydrogen-bond acceptors (Lipinski definition) is 3. The Morgan fingerprint density at radius 2 is 1.02 bits per heavy atom. The van der Waals surface area contributed by atoms with E-state index in [1.165, 1.54) is 0 Å². The molecule has 2 aromatic carbocycles. The quantitative estimate of drug-likeness (QED) is 0.255. The van der Waals surface area contributed by atoms with E-state index in [0.29, 0.717) is 0 Å². The molecular weight excluding hydrogens is 492 g/mol. The van der Waals surface area contributed by atoms with Crippen LogP contribution in [0.25, 0.3) is 22.1 Å². The van der Waals surface area contributed by atoms with E-state index in [4.69, 9.17) is 0 Å². The highest BCUT2D eigenvalue weighted by atomic mass is 16.1. The summed E-state index contributed by atoms with van der Waals surface area (Å²) in [6.45, 7) is 3.92. The topological polar surface area (TPSA) is 74.4 Å². The predicted molar refractivity (Wildman–Crippen MR) is 159 cm³/mol. The zero-order chi connectivity index (χ0) is 27.5. The van der Waals surface area contributed by atoms with E-state index >= 15 is 0 Å². The second kappa shape index (κ2) is 10.8. The number of aromatic amines is 2. The van der Waals surface area contributed by atoms with Crippen molar-refractivity contribution >= 4 is 27.9 Å². The number of Topliss-reactive ketones (excluding diaryl/α,β-unsaturated/α-hetero) is 1. The van der Waals surface area contributed by atoms with Gasteiger partial charge in [-0.25, -0.2) is 9.97 Å². The average molecular weight is 519 g/mol. The van der Waals surface area contributed by atoms with Crippen molar-refractivity contribution in [2.45, 2.75) is 25.7 Å². The van der Waals surface area contributed by atoms with Crippen LogP contribution >= 0.6 is 0 Å². The second-order valence-corrected chi connectivity index (χ2v) is 9.72. The molecule has 0 radical (unpaired) electrons. The summed E-state index contributed by atoms with van der Waals surface area (Å²) in [5.41, 5.74) is 6.93. The maximum Gasteiger partial charge on any atom is 0.147 e. The Bertz CT molecular complexity index is 1850. The van der Waals surface area contributed by atoms with Crippen LogP contribution in [0.3, 0.4) is 0 Å². The van der Waals surface area contributed by atoms with Crippen molar-refractivity contribution in [1.82, 2.24) is 19.9 Å². The summed E-state index contributed by atoms with van der Waals surface area (Å²) in [4.78, 5) is 28.8. The van der Waals surface area contributed by atoms with Crippen LogP contribution in [0.2, 0.25) is 0 Å². The average Bonchev–Trinajstić information content (AvgIpc) is 3.69. The molecule has 0 amide bonds. The van der Waals surface area contributed by atoms with Gasteiger partial charge in [-0.3, -0.25) is 4.79 Å². The van der Waals surface area contributed by atoms with Crippen LogP contribution in [0.5, 0.6) is 0 Å². The minimum absolute atomic E-state index is 0.123. The summed E-state index contributed by atoms with van der Waals surface area (Å²) in [5.74, 6) is 12.6. The van der Waals surface area contributed by atoms with Gasteiger partial charge in [0.15, 0.2) is 0 Å². The largest absolute Gasteiger partial charge is 0.346 e. The van der Waals surface area contributed by atoms with Gasteiger partial charge < -0.3 is 9.97 Å². The van der Waals surface area contributed by atoms with Gasteiger partial charge in [0, 0.05) is 69.6 Å². The second-order valence-electron chi connectivity index (χ2n) is 9.72. The van der Waals surface area contributed by atoms with Crippen molar-refractivity contribution in [3.05, 3.63) is 131 Å². The third-order valence-corrected chi connectivity index (χ3v) is 7.29. The Morgan fingerprint density at radius 1 is 0.600 bits per heavy atom. The third-order valence-electron chi connectivity index (χ3n) is 7.29. The lowest BCUT2D eigenvalue weighted by atomic mass is 9.82. The minimum Gasteiger partial charge on any atom is -0.346 e. The van der Waals surface area contributed by atoms with Crippen LogP contribution < -0.4 is 0 Å². The van der Waals surface area contributed by atoms with Gasteiger partial charge in [0.05, 0.1) is 0 Å². The number of benzene rings is 2. The third kappa shape index (κ3) is 4.77. The molecule has 192 valence electrons. The first kappa shape index (κ1) is 24.9. The Morgan fingerprint density at radius 3 is 1.50 bits per heavy atom. The highest BCUT2D eigenvalue weighted by Gasteiger charge is 2.25. The van der Waals surface area contributed by atoms with Gasteiger partial charge in [0.2, 0.25) is 0 Å². The van der Waals surface area contributed by atoms with Gasteiger partial charge in [-0.1, -0.05) is 73.9 Å². The van der Waals surface area contributed by atoms with E-state index in [1.807, 2.05) is 99.0 Å². The lowest BCUT2D eigenvalue weighted by Crippen LogP contribution is -2.18. The van der Waals surface area contributed by atoms with E-state index in [0.717, 1.165) is 55.4 Å². The number of carbonyl (C=O) groups excluding carboxylic acids is 1. The fourth-order valence-electron chi connectivity index (χ4n) is 5.07. The van der Waals surface area contributed by atoms with Gasteiger partial charge in [-0.15, -0.1) is 0 Å². The molecular formula is C35H26N4O. The molecule has 0 aliphatic rings. The Labute approximate surface area is 232 Å². The molecule has 4 heterocycles. The molecule has 0 bridgehead atoms. The lowest BCUT2D eigenvalue weighted by molar-refractivity contribution is -0.121. The van der Waals surface area contributed by atoms with E-state index in [2.05, 4.69) is 43.6 Å². The Balaban J connectivity index is 1.29. The highest BCUT2D eigenvalue weighted by molar-refractivity contribution is 5.92. The fraction of sp³-hybridized carbons (Fsp3) is 0.114. The first-order valence-electron chi connectivity index (χ1n) is 13.2. The van der Waals surface area contributed by atoms with Crippen molar-refractivity contribution in [3.8, 4) is 23.7 Å². The first-order chi connectivity index (χ1) is 19.6. The first-order valence-corrected chi connectivity index (χ1v) is 13.2. The number of H-pyrrole nitrogens is 2. The predicted octanol–water partition coefficient (Wildman–Crippen LogP) is 6.72. The SMILES string of the molecule is CC(C(=O)C(C)c1ccccc1C#Cc1ccnc2[nH]ccc12)c1ccccc1C#Cc1ccnc2[nH]ccc12. The molecule has 2 atom stereocenters. The van der Waals surface area contributed by atoms with Crippen LogP contribution in [0.15, 0.2) is 97.6 Å². The van der Waals surface area contributed by atoms with Crippen LogP contribution in [0.1, 0.15) is 59.1 Å². The molecule has 0 saturated heterocycles. The van der Waals surface area contributed by atoms with E-state index in [9.17, 15) is 4.79 Å². The monoisotopic (exact) mass is 518 g/mol. The number of fused-ring (bicyclic) bond motifs is 2. The van der Waals surface area contributed by atoms with E-state index in [1.54, 1.807) is 12.4 Å². The van der Waals surface area contributed by atoms with Gasteiger partial charge in [0.25, 0.3) is 0 Å². The summed E-state index contributed by atoms with van der Waals surface area (Å²) in [6.07, 6.45) is 7.22. The summed E-state index contributed by atoms with van der Waals surface area (Å²) in [6, 6.07) is 23.5. The molecule has 2 N–H and O–H groups in total. The molecule has 4 aromatic heterocycles. The van der Waals surface area contributed by atoms with Crippen LogP contribution in [0, 0.1) is 23.7 Å². The number of aromatic nitrogens is 4. The fourth-order valence-corrected chi connectivity index (χ4v) is 5.07.